The third kappa shape index (κ3) is 3.34. The van der Waals surface area contributed by atoms with Crippen LogP contribution in [0.3, 0.4) is 0 Å². The highest BCUT2D eigenvalue weighted by Gasteiger charge is 2.34. The monoisotopic (exact) mass is 340 g/mol. The van der Waals surface area contributed by atoms with Crippen LogP contribution in [0.1, 0.15) is 6.42 Å². The van der Waals surface area contributed by atoms with E-state index in [1.165, 1.54) is 17.0 Å². The van der Waals surface area contributed by atoms with Gasteiger partial charge >= 0.3 is 10.2 Å². The van der Waals surface area contributed by atoms with Gasteiger partial charge in [0, 0.05) is 23.9 Å². The van der Waals surface area contributed by atoms with E-state index >= 15 is 0 Å². The van der Waals surface area contributed by atoms with E-state index in [0.717, 1.165) is 0 Å². The first kappa shape index (κ1) is 15.3. The van der Waals surface area contributed by atoms with Gasteiger partial charge in [-0.3, -0.25) is 4.79 Å². The lowest BCUT2D eigenvalue weighted by atomic mass is 10.1. The lowest BCUT2D eigenvalue weighted by molar-refractivity contribution is -0.117. The Labute approximate surface area is 125 Å². The summed E-state index contributed by atoms with van der Waals surface area (Å²) in [6.07, 6.45) is -0.0628. The average Bonchev–Trinajstić information content (AvgIpc) is 2.62. The molecule has 1 unspecified atom stereocenters. The second-order valence-electron chi connectivity index (χ2n) is 4.60. The number of nitrogen functional groups attached to an aromatic ring is 1. The molecule has 1 aliphatic heterocycles. The van der Waals surface area contributed by atoms with Crippen LogP contribution in [-0.4, -0.2) is 26.6 Å². The number of nitrogens with zero attached hydrogens (tertiary/aromatic N) is 1. The summed E-state index contributed by atoms with van der Waals surface area (Å²) in [6.45, 7) is 0.0584. The molecule has 0 radical (unpaired) electrons. The molecule has 1 atom stereocenters. The van der Waals surface area contributed by atoms with Gasteiger partial charge in [0.1, 0.15) is 0 Å². The van der Waals surface area contributed by atoms with Crippen molar-refractivity contribution in [2.75, 3.05) is 22.9 Å². The number of nitrogens with two attached hydrogens (primary N) is 1. The lowest BCUT2D eigenvalue weighted by Crippen LogP contribution is -2.26. The standard InChI is InChI=1S/C11H11Cl2FN2O3S/c12-7-2-8(13)11(15)9(3-7)16-4-6(1-10(16)17)5-20(14,18)19/h2-3,6H,1,4-5,15H2. The number of amides is 1. The number of rotatable bonds is 3. The normalized spacial score (nSPS) is 19.6. The molecule has 9 heteroatoms. The zero-order valence-electron chi connectivity index (χ0n) is 10.1. The summed E-state index contributed by atoms with van der Waals surface area (Å²) in [5.74, 6) is -1.65. The maximum absolute atomic E-state index is 12.7. The molecule has 2 rings (SSSR count). The Bertz CT molecular complexity index is 666. The number of hydrogen-bond donors (Lipinski definition) is 1. The zero-order chi connectivity index (χ0) is 15.1. The van der Waals surface area contributed by atoms with E-state index in [2.05, 4.69) is 0 Å². The van der Waals surface area contributed by atoms with Crippen molar-refractivity contribution < 1.29 is 17.1 Å². The fraction of sp³-hybridized carbons (Fsp3) is 0.364. The number of hydrogen-bond acceptors (Lipinski definition) is 4. The van der Waals surface area contributed by atoms with Crippen LogP contribution >= 0.6 is 23.2 Å². The van der Waals surface area contributed by atoms with Crippen molar-refractivity contribution in [3.05, 3.63) is 22.2 Å². The minimum absolute atomic E-state index is 0.0584. The van der Waals surface area contributed by atoms with Crippen LogP contribution in [0.2, 0.25) is 10.0 Å². The molecular formula is C11H11Cl2FN2O3S. The molecule has 1 heterocycles. The van der Waals surface area contributed by atoms with Gasteiger partial charge in [-0.05, 0) is 12.1 Å². The largest absolute Gasteiger partial charge is 0.396 e. The van der Waals surface area contributed by atoms with E-state index in [9.17, 15) is 17.1 Å². The summed E-state index contributed by atoms with van der Waals surface area (Å²) in [7, 11) is -4.63. The molecule has 1 aromatic carbocycles. The van der Waals surface area contributed by atoms with Crippen molar-refractivity contribution in [3.63, 3.8) is 0 Å². The number of carbonyl (C=O) groups is 1. The van der Waals surface area contributed by atoms with E-state index in [1.54, 1.807) is 0 Å². The van der Waals surface area contributed by atoms with Crippen molar-refractivity contribution in [2.24, 2.45) is 5.92 Å². The van der Waals surface area contributed by atoms with Gasteiger partial charge in [-0.2, -0.15) is 8.42 Å². The molecule has 0 aromatic heterocycles. The quantitative estimate of drug-likeness (QED) is 0.675. The molecule has 0 bridgehead atoms. The van der Waals surface area contributed by atoms with Crippen molar-refractivity contribution in [1.82, 2.24) is 0 Å². The first-order valence-corrected chi connectivity index (χ1v) is 7.95. The highest BCUT2D eigenvalue weighted by atomic mass is 35.5. The van der Waals surface area contributed by atoms with Crippen LogP contribution in [0.5, 0.6) is 0 Å². The number of carbonyl (C=O) groups excluding carboxylic acids is 1. The van der Waals surface area contributed by atoms with Crippen LogP contribution in [0.15, 0.2) is 12.1 Å². The van der Waals surface area contributed by atoms with E-state index < -0.39 is 21.9 Å². The van der Waals surface area contributed by atoms with E-state index in [0.29, 0.717) is 10.7 Å². The van der Waals surface area contributed by atoms with Crippen LogP contribution in [0.25, 0.3) is 0 Å². The maximum Gasteiger partial charge on any atom is 0.302 e. The minimum atomic E-state index is -4.63. The molecule has 0 aliphatic carbocycles. The van der Waals surface area contributed by atoms with Crippen LogP contribution in [-0.2, 0) is 15.0 Å². The van der Waals surface area contributed by atoms with Gasteiger partial charge in [0.25, 0.3) is 0 Å². The number of halogens is 3. The Hall–Kier alpha value is -1.05. The van der Waals surface area contributed by atoms with Crippen molar-refractivity contribution >= 4 is 50.7 Å². The Morgan fingerprint density at radius 2 is 2.05 bits per heavy atom. The third-order valence-corrected chi connectivity index (χ3v) is 4.40. The van der Waals surface area contributed by atoms with Gasteiger partial charge in [-0.25, -0.2) is 0 Å². The Kier molecular flexibility index (Phi) is 4.13. The topological polar surface area (TPSA) is 80.5 Å². The van der Waals surface area contributed by atoms with Crippen molar-refractivity contribution in [2.45, 2.75) is 6.42 Å². The molecule has 1 fully saturated rings. The van der Waals surface area contributed by atoms with Gasteiger partial charge in [-0.1, -0.05) is 23.2 Å². The SMILES string of the molecule is Nc1c(Cl)cc(Cl)cc1N1CC(CS(=O)(=O)F)CC1=O. The second kappa shape index (κ2) is 5.38. The molecule has 1 amide bonds. The van der Waals surface area contributed by atoms with Crippen LogP contribution in [0, 0.1) is 5.92 Å². The number of benzene rings is 1. The van der Waals surface area contributed by atoms with E-state index in [1.807, 2.05) is 0 Å². The molecule has 5 nitrogen and oxygen atoms in total. The zero-order valence-corrected chi connectivity index (χ0v) is 12.5. The molecule has 1 aromatic rings. The molecule has 0 spiro atoms. The molecular weight excluding hydrogens is 330 g/mol. The fourth-order valence-corrected chi connectivity index (χ4v) is 3.47. The van der Waals surface area contributed by atoms with Gasteiger partial charge in [-0.15, -0.1) is 3.89 Å². The highest BCUT2D eigenvalue weighted by molar-refractivity contribution is 7.86. The summed E-state index contributed by atoms with van der Waals surface area (Å²) in [6, 6.07) is 2.90. The third-order valence-electron chi connectivity index (χ3n) is 3.00. The van der Waals surface area contributed by atoms with Gasteiger partial charge in [0.05, 0.1) is 22.2 Å². The fourth-order valence-electron chi connectivity index (χ4n) is 2.20. The average molecular weight is 341 g/mol. The van der Waals surface area contributed by atoms with Crippen molar-refractivity contribution in [3.8, 4) is 0 Å². The first-order chi connectivity index (χ1) is 9.17. The minimum Gasteiger partial charge on any atom is -0.396 e. The number of anilines is 2. The molecule has 20 heavy (non-hydrogen) atoms. The Balaban J connectivity index is 2.29. The van der Waals surface area contributed by atoms with Crippen LogP contribution in [0.4, 0.5) is 15.3 Å². The van der Waals surface area contributed by atoms with E-state index in [4.69, 9.17) is 28.9 Å². The summed E-state index contributed by atoms with van der Waals surface area (Å²) in [4.78, 5) is 13.2. The summed E-state index contributed by atoms with van der Waals surface area (Å²) < 4.78 is 34.0. The molecule has 2 N–H and O–H groups in total. The van der Waals surface area contributed by atoms with Gasteiger partial charge in [0.2, 0.25) is 5.91 Å². The first-order valence-electron chi connectivity index (χ1n) is 5.64. The predicted molar refractivity (Wildman–Crippen MR) is 76.2 cm³/mol. The second-order valence-corrected chi connectivity index (χ2v) is 6.86. The maximum atomic E-state index is 12.7. The Morgan fingerprint density at radius 3 is 2.65 bits per heavy atom. The predicted octanol–water partition coefficient (Wildman–Crippen LogP) is 2.23. The smallest absolute Gasteiger partial charge is 0.302 e. The molecule has 1 saturated heterocycles. The highest BCUT2D eigenvalue weighted by Crippen LogP contribution is 2.37. The van der Waals surface area contributed by atoms with Gasteiger partial charge < -0.3 is 10.6 Å². The molecule has 110 valence electrons. The summed E-state index contributed by atoms with van der Waals surface area (Å²) in [5, 5.41) is 0.496. The van der Waals surface area contributed by atoms with Crippen LogP contribution < -0.4 is 10.6 Å². The lowest BCUT2D eigenvalue weighted by Gasteiger charge is -2.19. The van der Waals surface area contributed by atoms with E-state index in [-0.39, 0.29) is 29.6 Å². The summed E-state index contributed by atoms with van der Waals surface area (Å²) >= 11 is 11.7. The molecule has 0 saturated carbocycles. The van der Waals surface area contributed by atoms with Gasteiger partial charge in [0.15, 0.2) is 0 Å². The van der Waals surface area contributed by atoms with Crippen molar-refractivity contribution in [1.29, 1.82) is 0 Å². The summed E-state index contributed by atoms with van der Waals surface area (Å²) in [5.41, 5.74) is 6.27. The Morgan fingerprint density at radius 1 is 1.40 bits per heavy atom. The molecule has 1 aliphatic rings.